The summed E-state index contributed by atoms with van der Waals surface area (Å²) in [5.74, 6) is -0.338. The van der Waals surface area contributed by atoms with E-state index in [1.54, 1.807) is 42.9 Å². The zero-order valence-corrected chi connectivity index (χ0v) is 11.1. The van der Waals surface area contributed by atoms with Gasteiger partial charge in [-0.3, -0.25) is 9.78 Å². The number of nitrogens with one attached hydrogen (secondary N) is 1. The Hall–Kier alpha value is -2.20. The topological polar surface area (TPSA) is 54.4 Å². The Labute approximate surface area is 116 Å². The quantitative estimate of drug-likeness (QED) is 0.691. The highest BCUT2D eigenvalue weighted by Gasteiger charge is 2.08. The van der Waals surface area contributed by atoms with E-state index in [1.165, 1.54) is 0 Å². The number of hydrogen-bond acceptors (Lipinski definition) is 3. The third-order valence-corrected chi connectivity index (χ3v) is 2.77. The number of rotatable bonds is 3. The molecule has 19 heavy (non-hydrogen) atoms. The molecule has 0 bridgehead atoms. The summed E-state index contributed by atoms with van der Waals surface area (Å²) in [5.41, 5.74) is 4.69. The van der Waals surface area contributed by atoms with Gasteiger partial charge in [0.2, 0.25) is 0 Å². The van der Waals surface area contributed by atoms with E-state index in [1.807, 2.05) is 13.0 Å². The van der Waals surface area contributed by atoms with Crippen LogP contribution < -0.4 is 5.43 Å². The average Bonchev–Trinajstić information content (AvgIpc) is 2.39. The lowest BCUT2D eigenvalue weighted by Gasteiger charge is -2.03. The minimum Gasteiger partial charge on any atom is -0.267 e. The summed E-state index contributed by atoms with van der Waals surface area (Å²) in [5, 5.41) is 4.28. The van der Waals surface area contributed by atoms with E-state index in [0.717, 1.165) is 11.1 Å². The fraction of sp³-hybridized carbons (Fsp3) is 0.0714. The molecule has 1 heterocycles. The number of aryl methyl sites for hydroxylation is 1. The van der Waals surface area contributed by atoms with Crippen LogP contribution in [0.25, 0.3) is 0 Å². The van der Waals surface area contributed by atoms with Gasteiger partial charge in [-0.2, -0.15) is 5.10 Å². The van der Waals surface area contributed by atoms with Gasteiger partial charge in [0, 0.05) is 12.4 Å². The van der Waals surface area contributed by atoms with Gasteiger partial charge in [-0.25, -0.2) is 5.43 Å². The van der Waals surface area contributed by atoms with Crippen LogP contribution in [0.5, 0.6) is 0 Å². The van der Waals surface area contributed by atoms with Gasteiger partial charge in [0.1, 0.15) is 0 Å². The van der Waals surface area contributed by atoms with Crippen LogP contribution in [0.15, 0.2) is 47.8 Å². The van der Waals surface area contributed by atoms with Crippen LogP contribution in [0.2, 0.25) is 5.02 Å². The molecule has 96 valence electrons. The Morgan fingerprint density at radius 2 is 2.05 bits per heavy atom. The lowest BCUT2D eigenvalue weighted by Crippen LogP contribution is -2.18. The van der Waals surface area contributed by atoms with E-state index >= 15 is 0 Å². The molecule has 0 aliphatic heterocycles. The Balaban J connectivity index is 2.04. The fourth-order valence-electron chi connectivity index (χ4n) is 1.48. The lowest BCUT2D eigenvalue weighted by molar-refractivity contribution is 0.0955. The second-order valence-corrected chi connectivity index (χ2v) is 4.37. The van der Waals surface area contributed by atoms with Gasteiger partial charge in [0.05, 0.1) is 16.8 Å². The molecule has 1 aromatic heterocycles. The van der Waals surface area contributed by atoms with Gasteiger partial charge in [0.25, 0.3) is 5.91 Å². The highest BCUT2D eigenvalue weighted by atomic mass is 35.5. The number of amides is 1. The van der Waals surface area contributed by atoms with Gasteiger partial charge in [0.15, 0.2) is 0 Å². The maximum atomic E-state index is 11.8. The van der Waals surface area contributed by atoms with Crippen molar-refractivity contribution in [1.29, 1.82) is 0 Å². The van der Waals surface area contributed by atoms with Gasteiger partial charge < -0.3 is 0 Å². The van der Waals surface area contributed by atoms with Gasteiger partial charge in [-0.05, 0) is 42.3 Å². The molecule has 0 atom stereocenters. The second-order valence-electron chi connectivity index (χ2n) is 3.96. The maximum absolute atomic E-state index is 11.8. The van der Waals surface area contributed by atoms with Crippen LogP contribution in [0.4, 0.5) is 0 Å². The molecule has 0 saturated heterocycles. The SMILES string of the molecule is Cc1ccc(C(=O)N/N=C/c2ccncc2)c(Cl)c1. The number of carbonyl (C=O) groups excluding carboxylic acids is 1. The van der Waals surface area contributed by atoms with Crippen molar-refractivity contribution in [3.63, 3.8) is 0 Å². The minimum atomic E-state index is -0.338. The van der Waals surface area contributed by atoms with Crippen molar-refractivity contribution in [3.8, 4) is 0 Å². The molecular formula is C14H12ClN3O. The molecule has 1 N–H and O–H groups in total. The third kappa shape index (κ3) is 3.63. The number of benzene rings is 1. The molecule has 2 rings (SSSR count). The predicted molar refractivity (Wildman–Crippen MR) is 75.5 cm³/mol. The standard InChI is InChI=1S/C14H12ClN3O/c1-10-2-3-12(13(15)8-10)14(19)18-17-9-11-4-6-16-7-5-11/h2-9H,1H3,(H,18,19)/b17-9+. The molecule has 0 fully saturated rings. The number of hydrazone groups is 1. The van der Waals surface area contributed by atoms with Crippen LogP contribution in [-0.2, 0) is 0 Å². The highest BCUT2D eigenvalue weighted by Crippen LogP contribution is 2.17. The van der Waals surface area contributed by atoms with Crippen LogP contribution >= 0.6 is 11.6 Å². The van der Waals surface area contributed by atoms with E-state index in [-0.39, 0.29) is 5.91 Å². The number of carbonyl (C=O) groups is 1. The van der Waals surface area contributed by atoms with Crippen LogP contribution in [0, 0.1) is 6.92 Å². The van der Waals surface area contributed by atoms with Crippen molar-refractivity contribution in [2.75, 3.05) is 0 Å². The number of halogens is 1. The summed E-state index contributed by atoms with van der Waals surface area (Å²) in [6.45, 7) is 1.91. The van der Waals surface area contributed by atoms with E-state index in [9.17, 15) is 4.79 Å². The van der Waals surface area contributed by atoms with Gasteiger partial charge in [-0.1, -0.05) is 17.7 Å². The predicted octanol–water partition coefficient (Wildman–Crippen LogP) is 2.81. The Morgan fingerprint density at radius 3 is 2.74 bits per heavy atom. The molecular weight excluding hydrogens is 262 g/mol. The van der Waals surface area contributed by atoms with Crippen molar-refractivity contribution < 1.29 is 4.79 Å². The Bertz CT molecular complexity index is 611. The van der Waals surface area contributed by atoms with Crippen molar-refractivity contribution >= 4 is 23.7 Å². The number of pyridine rings is 1. The molecule has 0 radical (unpaired) electrons. The molecule has 0 aliphatic rings. The van der Waals surface area contributed by atoms with Gasteiger partial charge >= 0.3 is 0 Å². The van der Waals surface area contributed by atoms with E-state index < -0.39 is 0 Å². The van der Waals surface area contributed by atoms with Gasteiger partial charge in [-0.15, -0.1) is 0 Å². The average molecular weight is 274 g/mol. The first-order valence-corrected chi connectivity index (χ1v) is 6.04. The highest BCUT2D eigenvalue weighted by molar-refractivity contribution is 6.33. The second kappa shape index (κ2) is 6.11. The van der Waals surface area contributed by atoms with Crippen LogP contribution in [-0.4, -0.2) is 17.1 Å². The fourth-order valence-corrected chi connectivity index (χ4v) is 1.80. The first-order chi connectivity index (χ1) is 9.16. The van der Waals surface area contributed by atoms with Crippen LogP contribution in [0.1, 0.15) is 21.5 Å². The summed E-state index contributed by atoms with van der Waals surface area (Å²) < 4.78 is 0. The van der Waals surface area contributed by atoms with E-state index in [2.05, 4.69) is 15.5 Å². The molecule has 1 amide bonds. The zero-order valence-electron chi connectivity index (χ0n) is 10.3. The summed E-state index contributed by atoms with van der Waals surface area (Å²) in [4.78, 5) is 15.7. The molecule has 0 saturated carbocycles. The summed E-state index contributed by atoms with van der Waals surface area (Å²) in [7, 11) is 0. The summed E-state index contributed by atoms with van der Waals surface area (Å²) >= 11 is 6.00. The maximum Gasteiger partial charge on any atom is 0.272 e. The van der Waals surface area contributed by atoms with E-state index in [4.69, 9.17) is 11.6 Å². The smallest absolute Gasteiger partial charge is 0.267 e. The van der Waals surface area contributed by atoms with E-state index in [0.29, 0.717) is 10.6 Å². The normalized spacial score (nSPS) is 10.6. The first kappa shape index (κ1) is 13.2. The molecule has 4 nitrogen and oxygen atoms in total. The van der Waals surface area contributed by atoms with Crippen LogP contribution in [0.3, 0.4) is 0 Å². The lowest BCUT2D eigenvalue weighted by atomic mass is 10.1. The molecule has 0 unspecified atom stereocenters. The largest absolute Gasteiger partial charge is 0.272 e. The molecule has 2 aromatic rings. The van der Waals surface area contributed by atoms with Crippen molar-refractivity contribution in [2.24, 2.45) is 5.10 Å². The Kier molecular flexibility index (Phi) is 4.26. The minimum absolute atomic E-state index is 0.338. The molecule has 0 spiro atoms. The van der Waals surface area contributed by atoms with Crippen molar-refractivity contribution in [1.82, 2.24) is 10.4 Å². The van der Waals surface area contributed by atoms with Crippen molar-refractivity contribution in [3.05, 3.63) is 64.4 Å². The molecule has 1 aromatic carbocycles. The first-order valence-electron chi connectivity index (χ1n) is 5.66. The number of hydrogen-bond donors (Lipinski definition) is 1. The molecule has 5 heteroatoms. The Morgan fingerprint density at radius 1 is 1.32 bits per heavy atom. The number of nitrogens with zero attached hydrogens (tertiary/aromatic N) is 2. The molecule has 0 aliphatic carbocycles. The monoisotopic (exact) mass is 273 g/mol. The summed E-state index contributed by atoms with van der Waals surface area (Å²) in [6, 6.07) is 8.81. The third-order valence-electron chi connectivity index (χ3n) is 2.46. The van der Waals surface area contributed by atoms with Crippen molar-refractivity contribution in [2.45, 2.75) is 6.92 Å². The zero-order chi connectivity index (χ0) is 13.7. The number of aromatic nitrogens is 1. The summed E-state index contributed by atoms with van der Waals surface area (Å²) in [6.07, 6.45) is 4.85.